The van der Waals surface area contributed by atoms with E-state index < -0.39 is 14.7 Å². The molecule has 0 N–H and O–H groups in total. The van der Waals surface area contributed by atoms with Crippen LogP contribution in [0.5, 0.6) is 0 Å². The van der Waals surface area contributed by atoms with E-state index in [2.05, 4.69) is 0 Å². The van der Waals surface area contributed by atoms with Gasteiger partial charge in [-0.2, -0.15) is 0 Å². The summed E-state index contributed by atoms with van der Waals surface area (Å²) in [5.74, 6) is 0. The SMILES string of the molecule is O=P1(OCc2ccccc2)CC2OC2C1.O=P1(OCc2ccccc2)CC=CC1. The molecule has 2 fully saturated rings. The molecule has 0 bridgehead atoms. The quantitative estimate of drug-likeness (QED) is 0.352. The van der Waals surface area contributed by atoms with Crippen molar-refractivity contribution in [2.75, 3.05) is 24.6 Å². The van der Waals surface area contributed by atoms with Crippen LogP contribution < -0.4 is 0 Å². The van der Waals surface area contributed by atoms with Crippen LogP contribution >= 0.6 is 14.7 Å². The predicted molar refractivity (Wildman–Crippen MR) is 115 cm³/mol. The van der Waals surface area contributed by atoms with E-state index in [1.54, 1.807) is 0 Å². The molecule has 0 saturated carbocycles. The first-order chi connectivity index (χ1) is 14.0. The minimum Gasteiger partial charge on any atom is -0.368 e. The lowest BCUT2D eigenvalue weighted by Crippen LogP contribution is -1.99. The zero-order valence-electron chi connectivity index (χ0n) is 16.3. The summed E-state index contributed by atoms with van der Waals surface area (Å²) in [5, 5.41) is 0. The van der Waals surface area contributed by atoms with E-state index >= 15 is 0 Å². The van der Waals surface area contributed by atoms with Crippen molar-refractivity contribution in [2.45, 2.75) is 25.4 Å². The number of epoxide rings is 1. The fourth-order valence-electron chi connectivity index (χ4n) is 3.41. The Morgan fingerprint density at radius 2 is 1.17 bits per heavy atom. The molecule has 2 saturated heterocycles. The van der Waals surface area contributed by atoms with E-state index in [-0.39, 0.29) is 12.2 Å². The Kier molecular flexibility index (Phi) is 6.53. The summed E-state index contributed by atoms with van der Waals surface area (Å²) < 4.78 is 40.3. The first-order valence-electron chi connectivity index (χ1n) is 9.87. The Hall–Kier alpha value is -1.48. The van der Waals surface area contributed by atoms with Gasteiger partial charge in [-0.05, 0) is 11.1 Å². The monoisotopic (exact) mass is 432 g/mol. The first-order valence-corrected chi connectivity index (χ1v) is 13.9. The molecule has 3 heterocycles. The smallest absolute Gasteiger partial charge is 0.210 e. The molecule has 5 rings (SSSR count). The van der Waals surface area contributed by atoms with E-state index in [4.69, 9.17) is 13.8 Å². The van der Waals surface area contributed by atoms with Gasteiger partial charge >= 0.3 is 0 Å². The van der Waals surface area contributed by atoms with Crippen LogP contribution in [0.15, 0.2) is 72.8 Å². The first kappa shape index (κ1) is 20.8. The molecule has 2 aromatic rings. The standard InChI is InChI=1S/C11H13O3P.C11H13O2P/c12-15(7-10-11(8-15)14-10)13-6-9-4-2-1-3-5-9;12-14(8-4-5-9-14)13-10-11-6-2-1-3-7-11/h1-5,10-11H,6-8H2;1-7H,8-10H2. The van der Waals surface area contributed by atoms with Crippen LogP contribution in [-0.2, 0) is 36.1 Å². The largest absolute Gasteiger partial charge is 0.368 e. The van der Waals surface area contributed by atoms with Crippen LogP contribution in [0, 0.1) is 0 Å². The lowest BCUT2D eigenvalue weighted by molar-refractivity contribution is 0.288. The van der Waals surface area contributed by atoms with Gasteiger partial charge in [0.05, 0.1) is 37.7 Å². The number of benzene rings is 2. The molecule has 7 heteroatoms. The fourth-order valence-corrected chi connectivity index (χ4v) is 7.58. The lowest BCUT2D eigenvalue weighted by atomic mass is 10.2. The van der Waals surface area contributed by atoms with E-state index in [9.17, 15) is 9.13 Å². The van der Waals surface area contributed by atoms with Crippen molar-refractivity contribution >= 4 is 14.7 Å². The third kappa shape index (κ3) is 6.01. The molecule has 154 valence electrons. The second-order valence-corrected chi connectivity index (χ2v) is 12.8. The Balaban J connectivity index is 0.000000142. The summed E-state index contributed by atoms with van der Waals surface area (Å²) in [7, 11) is -4.71. The van der Waals surface area contributed by atoms with Gasteiger partial charge in [-0.25, -0.2) is 0 Å². The highest BCUT2D eigenvalue weighted by molar-refractivity contribution is 7.59. The molecule has 2 unspecified atom stereocenters. The molecule has 2 aromatic carbocycles. The summed E-state index contributed by atoms with van der Waals surface area (Å²) in [6.07, 6.45) is 6.75. The zero-order valence-corrected chi connectivity index (χ0v) is 18.1. The maximum Gasteiger partial charge on any atom is 0.210 e. The molecule has 0 aromatic heterocycles. The van der Waals surface area contributed by atoms with Crippen molar-refractivity contribution in [2.24, 2.45) is 0 Å². The number of allylic oxidation sites excluding steroid dienone is 2. The van der Waals surface area contributed by atoms with Crippen molar-refractivity contribution in [3.63, 3.8) is 0 Å². The minimum atomic E-state index is -2.37. The molecule has 5 nitrogen and oxygen atoms in total. The van der Waals surface area contributed by atoms with E-state index in [0.717, 1.165) is 11.1 Å². The third-order valence-corrected chi connectivity index (χ3v) is 9.72. The van der Waals surface area contributed by atoms with Crippen LogP contribution in [0.3, 0.4) is 0 Å². The Morgan fingerprint density at radius 1 is 0.724 bits per heavy atom. The minimum absolute atomic E-state index is 0.228. The van der Waals surface area contributed by atoms with Gasteiger partial charge in [0.15, 0.2) is 0 Å². The predicted octanol–water partition coefficient (Wildman–Crippen LogP) is 5.31. The number of ether oxygens (including phenoxy) is 1. The van der Waals surface area contributed by atoms with Crippen molar-refractivity contribution in [3.05, 3.63) is 83.9 Å². The molecular weight excluding hydrogens is 406 g/mol. The van der Waals surface area contributed by atoms with Crippen LogP contribution in [0.2, 0.25) is 0 Å². The third-order valence-electron chi connectivity index (χ3n) is 5.16. The highest BCUT2D eigenvalue weighted by Gasteiger charge is 2.54. The van der Waals surface area contributed by atoms with Gasteiger partial charge in [0.2, 0.25) is 14.7 Å². The highest BCUT2D eigenvalue weighted by atomic mass is 31.2. The van der Waals surface area contributed by atoms with Crippen molar-refractivity contribution in [1.82, 2.24) is 0 Å². The molecule has 3 aliphatic heterocycles. The lowest BCUT2D eigenvalue weighted by Gasteiger charge is -2.13. The second-order valence-electron chi connectivity index (χ2n) is 7.56. The number of rotatable bonds is 6. The van der Waals surface area contributed by atoms with Crippen molar-refractivity contribution in [3.8, 4) is 0 Å². The molecule has 0 radical (unpaired) electrons. The maximum absolute atomic E-state index is 12.1. The van der Waals surface area contributed by atoms with E-state index in [1.807, 2.05) is 72.8 Å². The average molecular weight is 432 g/mol. The van der Waals surface area contributed by atoms with E-state index in [1.165, 1.54) is 0 Å². The van der Waals surface area contributed by atoms with Crippen LogP contribution in [0.4, 0.5) is 0 Å². The zero-order chi connectivity index (χ0) is 20.2. The van der Waals surface area contributed by atoms with Gasteiger partial charge in [-0.3, -0.25) is 9.13 Å². The second kappa shape index (κ2) is 9.12. The normalized spacial score (nSPS) is 28.4. The van der Waals surface area contributed by atoms with Crippen LogP contribution in [0.25, 0.3) is 0 Å². The molecule has 0 aliphatic carbocycles. The maximum atomic E-state index is 12.1. The topological polar surface area (TPSA) is 65.1 Å². The molecule has 3 aliphatic rings. The summed E-state index contributed by atoms with van der Waals surface area (Å²) in [4.78, 5) is 0. The van der Waals surface area contributed by atoms with Gasteiger partial charge in [-0.15, -0.1) is 0 Å². The van der Waals surface area contributed by atoms with Gasteiger partial charge < -0.3 is 13.8 Å². The van der Waals surface area contributed by atoms with Crippen LogP contribution in [-0.4, -0.2) is 36.9 Å². The van der Waals surface area contributed by atoms with Crippen molar-refractivity contribution in [1.29, 1.82) is 0 Å². The summed E-state index contributed by atoms with van der Waals surface area (Å²) in [5.41, 5.74) is 2.16. The highest BCUT2D eigenvalue weighted by Crippen LogP contribution is 2.60. The van der Waals surface area contributed by atoms with Crippen molar-refractivity contribution < 1.29 is 22.9 Å². The van der Waals surface area contributed by atoms with E-state index in [0.29, 0.717) is 37.9 Å². The molecule has 29 heavy (non-hydrogen) atoms. The fraction of sp³-hybridized carbons (Fsp3) is 0.364. The van der Waals surface area contributed by atoms with Gasteiger partial charge in [-0.1, -0.05) is 72.8 Å². The Labute approximate surface area is 172 Å². The van der Waals surface area contributed by atoms with Gasteiger partial charge in [0.1, 0.15) is 0 Å². The summed E-state index contributed by atoms with van der Waals surface area (Å²) in [6, 6.07) is 19.7. The van der Waals surface area contributed by atoms with Gasteiger partial charge in [0.25, 0.3) is 0 Å². The molecule has 0 amide bonds. The molecule has 0 spiro atoms. The molecular formula is C22H26O5P2. The van der Waals surface area contributed by atoms with Gasteiger partial charge in [0, 0.05) is 12.3 Å². The number of fused-ring (bicyclic) bond motifs is 1. The molecule has 2 atom stereocenters. The Morgan fingerprint density at radius 3 is 1.66 bits per heavy atom. The summed E-state index contributed by atoms with van der Waals surface area (Å²) in [6.45, 7) is 0.914. The average Bonchev–Trinajstić information content (AvgIpc) is 3.15. The van der Waals surface area contributed by atoms with Crippen LogP contribution in [0.1, 0.15) is 11.1 Å². The number of hydrogen-bond acceptors (Lipinski definition) is 5. The number of hydrogen-bond donors (Lipinski definition) is 0. The Bertz CT molecular complexity index is 903. The summed E-state index contributed by atoms with van der Waals surface area (Å²) >= 11 is 0.